The van der Waals surface area contributed by atoms with Gasteiger partial charge in [-0.1, -0.05) is 61.4 Å². The van der Waals surface area contributed by atoms with Gasteiger partial charge in [0.2, 0.25) is 0 Å². The summed E-state index contributed by atoms with van der Waals surface area (Å²) in [4.78, 5) is 35.6. The Kier molecular flexibility index (Phi) is 12.8. The molecule has 0 amide bonds. The van der Waals surface area contributed by atoms with Crippen LogP contribution in [-0.4, -0.2) is 84.5 Å². The second kappa shape index (κ2) is 20.6. The fourth-order valence-electron chi connectivity index (χ4n) is 12.5. The van der Waals surface area contributed by atoms with Crippen LogP contribution in [0.2, 0.25) is 0 Å². The number of nitrogen functional groups attached to an aromatic ring is 1. The summed E-state index contributed by atoms with van der Waals surface area (Å²) in [5, 5.41) is 3.84. The Hall–Kier alpha value is -8.50. The van der Waals surface area contributed by atoms with E-state index in [0.29, 0.717) is 17.5 Å². The monoisotopic (exact) mass is 1060 g/mol. The molecule has 2 unspecified atom stereocenters. The van der Waals surface area contributed by atoms with Gasteiger partial charge in [0.05, 0.1) is 34.7 Å². The molecule has 15 heteroatoms. The van der Waals surface area contributed by atoms with Gasteiger partial charge in [-0.25, -0.2) is 29.9 Å². The normalized spacial score (nSPS) is 19.3. The zero-order chi connectivity index (χ0) is 53.8. The molecule has 2 aliphatic carbocycles. The van der Waals surface area contributed by atoms with E-state index in [-0.39, 0.29) is 11.6 Å². The van der Waals surface area contributed by atoms with Gasteiger partial charge in [0, 0.05) is 90.6 Å². The van der Waals surface area contributed by atoms with Gasteiger partial charge in [0.25, 0.3) is 0 Å². The van der Waals surface area contributed by atoms with Gasteiger partial charge in [-0.05, 0) is 160 Å². The van der Waals surface area contributed by atoms with Crippen molar-refractivity contribution in [3.05, 3.63) is 169 Å². The topological polar surface area (TPSA) is 193 Å². The minimum atomic E-state index is -0.703. The maximum atomic E-state index is 7.55. The number of hydrogen-bond donors (Lipinski definition) is 4. The number of rotatable bonds is 12. The number of nitrogens with one attached hydrogen (secondary N) is 1. The SMILES string of the molecule is Nc1ncccc1-c1nc2ccc(-c3cccc(N4CCCCCC4)c3)nc2n1-c1ccc(C2(N)CCC2Nc2ncccc2-c2nc3ccc(-c4cccc(N5CCCOCC5)c4)nc3n2-c2ccc(C3(N)CCC3)cc2)cc1. The third-order valence-corrected chi connectivity index (χ3v) is 17.4. The molecule has 2 atom stereocenters. The first kappa shape index (κ1) is 49.8. The van der Waals surface area contributed by atoms with Gasteiger partial charge in [-0.2, -0.15) is 0 Å². The van der Waals surface area contributed by atoms with Crippen LogP contribution >= 0.6 is 0 Å². The van der Waals surface area contributed by atoms with Crippen molar-refractivity contribution >= 4 is 45.3 Å². The molecule has 80 heavy (non-hydrogen) atoms. The lowest BCUT2D eigenvalue weighted by Gasteiger charge is -2.48. The minimum absolute atomic E-state index is 0.135. The van der Waals surface area contributed by atoms with E-state index in [1.54, 1.807) is 6.20 Å². The highest BCUT2D eigenvalue weighted by Gasteiger charge is 2.45. The third-order valence-electron chi connectivity index (χ3n) is 17.4. The van der Waals surface area contributed by atoms with Crippen molar-refractivity contribution in [1.82, 2.24) is 39.0 Å². The Labute approximate surface area is 465 Å². The second-order valence-electron chi connectivity index (χ2n) is 22.3. The van der Waals surface area contributed by atoms with E-state index < -0.39 is 5.54 Å². The molecule has 15 nitrogen and oxygen atoms in total. The Morgan fingerprint density at radius 1 is 0.500 bits per heavy atom. The number of ether oxygens (including phenoxy) is 1. The lowest BCUT2D eigenvalue weighted by Crippen LogP contribution is -2.59. The van der Waals surface area contributed by atoms with Crippen molar-refractivity contribution in [2.75, 3.05) is 60.2 Å². The Balaban J connectivity index is 0.797. The molecule has 2 aliphatic heterocycles. The average molecular weight is 1060 g/mol. The Morgan fingerprint density at radius 3 is 1.66 bits per heavy atom. The first-order chi connectivity index (χ1) is 39.3. The van der Waals surface area contributed by atoms with E-state index in [4.69, 9.17) is 46.9 Å². The number of nitrogens with zero attached hydrogens (tertiary/aromatic N) is 10. The number of fused-ring (bicyclic) bond motifs is 2. The summed E-state index contributed by atoms with van der Waals surface area (Å²) in [6.45, 7) is 5.46. The molecule has 2 saturated carbocycles. The number of imidazole rings is 2. The minimum Gasteiger partial charge on any atom is -0.383 e. The van der Waals surface area contributed by atoms with E-state index in [0.717, 1.165) is 162 Å². The first-order valence-electron chi connectivity index (χ1n) is 28.6. The fourth-order valence-corrected chi connectivity index (χ4v) is 12.5. The molecule has 6 aromatic heterocycles. The van der Waals surface area contributed by atoms with Gasteiger partial charge in [0.1, 0.15) is 22.7 Å². The average Bonchev–Trinajstić information content (AvgIpc) is 3.88. The van der Waals surface area contributed by atoms with Crippen LogP contribution in [-0.2, 0) is 15.8 Å². The van der Waals surface area contributed by atoms with Gasteiger partial charge in [-0.15, -0.1) is 0 Å². The van der Waals surface area contributed by atoms with Crippen molar-refractivity contribution < 1.29 is 4.74 Å². The lowest BCUT2D eigenvalue weighted by molar-refractivity contribution is 0.152. The predicted molar refractivity (Wildman–Crippen MR) is 320 cm³/mol. The summed E-state index contributed by atoms with van der Waals surface area (Å²) >= 11 is 0. The Bertz CT molecular complexity index is 3890. The summed E-state index contributed by atoms with van der Waals surface area (Å²) in [5.74, 6) is 2.48. The fraction of sp³-hybridized carbons (Fsp3) is 0.292. The highest BCUT2D eigenvalue weighted by Crippen LogP contribution is 2.44. The molecular weight excluding hydrogens is 993 g/mol. The molecule has 0 bridgehead atoms. The molecule has 7 N–H and O–H groups in total. The van der Waals surface area contributed by atoms with Crippen molar-refractivity contribution in [2.24, 2.45) is 11.5 Å². The van der Waals surface area contributed by atoms with E-state index >= 15 is 0 Å². The number of pyridine rings is 4. The molecule has 4 aliphatic rings. The van der Waals surface area contributed by atoms with Crippen LogP contribution in [0, 0.1) is 0 Å². The first-order valence-corrected chi connectivity index (χ1v) is 28.6. The summed E-state index contributed by atoms with van der Waals surface area (Å²) in [7, 11) is 0. The molecule has 4 fully saturated rings. The number of nitrogens with two attached hydrogens (primary N) is 3. The zero-order valence-electron chi connectivity index (χ0n) is 45.0. The summed E-state index contributed by atoms with van der Waals surface area (Å²) in [5.41, 5.74) is 34.8. The highest BCUT2D eigenvalue weighted by molar-refractivity contribution is 5.87. The van der Waals surface area contributed by atoms with Crippen molar-refractivity contribution in [1.29, 1.82) is 0 Å². The second-order valence-corrected chi connectivity index (χ2v) is 22.3. The summed E-state index contributed by atoms with van der Waals surface area (Å²) in [6.07, 6.45) is 14.3. The molecule has 2 saturated heterocycles. The van der Waals surface area contributed by atoms with Crippen molar-refractivity contribution in [2.45, 2.75) is 81.3 Å². The summed E-state index contributed by atoms with van der Waals surface area (Å²) in [6, 6.07) is 50.6. The van der Waals surface area contributed by atoms with Crippen LogP contribution in [0.3, 0.4) is 0 Å². The Morgan fingerprint density at radius 2 is 1.07 bits per heavy atom. The standard InChI is InChI=1S/C65H66N14O/c66-58-51(15-7-33-69-58)60-73-55-27-25-53(43-11-5-13-49(41-43)76-35-3-1-2-4-36-76)71-62(55)78(60)48-23-19-46(20-24-48)65(68)32-29-57(65)75-59-52(16-8-34-70-59)61-74-56-28-26-54(44-12-6-14-50(42-44)77-37-10-39-80-40-38-77)72-63(56)79(61)47-21-17-45(18-22-47)64(67)30-9-31-64/h5-8,11-28,33-34,41-42,57H,1-4,9-10,29-32,35-40,67-68H2,(H2,66,69)(H,70,75). The molecule has 4 aromatic carbocycles. The predicted octanol–water partition coefficient (Wildman–Crippen LogP) is 11.6. The quantitative estimate of drug-likeness (QED) is 0.0904. The van der Waals surface area contributed by atoms with E-state index in [2.05, 4.69) is 157 Å². The number of benzene rings is 4. The molecule has 8 heterocycles. The smallest absolute Gasteiger partial charge is 0.165 e. The maximum absolute atomic E-state index is 7.55. The molecule has 0 radical (unpaired) electrons. The lowest BCUT2D eigenvalue weighted by atomic mass is 9.68. The third kappa shape index (κ3) is 9.08. The number of aromatic nitrogens is 8. The van der Waals surface area contributed by atoms with Crippen molar-refractivity contribution in [3.8, 4) is 56.7 Å². The van der Waals surface area contributed by atoms with E-state index in [1.807, 2.05) is 24.4 Å². The highest BCUT2D eigenvalue weighted by atomic mass is 16.5. The maximum Gasteiger partial charge on any atom is 0.165 e. The molecule has 402 valence electrons. The molecule has 10 aromatic rings. The van der Waals surface area contributed by atoms with Gasteiger partial charge in [0.15, 0.2) is 22.9 Å². The van der Waals surface area contributed by atoms with Gasteiger partial charge < -0.3 is 37.1 Å². The largest absolute Gasteiger partial charge is 0.383 e. The van der Waals surface area contributed by atoms with Crippen LogP contribution in [0.1, 0.15) is 75.3 Å². The molecular formula is C65H66N14O. The zero-order valence-corrected chi connectivity index (χ0v) is 45.0. The van der Waals surface area contributed by atoms with E-state index in [9.17, 15) is 0 Å². The van der Waals surface area contributed by atoms with Crippen LogP contribution in [0.4, 0.5) is 23.0 Å². The number of anilines is 4. The van der Waals surface area contributed by atoms with Gasteiger partial charge in [-0.3, -0.25) is 9.13 Å². The van der Waals surface area contributed by atoms with Crippen LogP contribution < -0.4 is 32.3 Å². The van der Waals surface area contributed by atoms with Gasteiger partial charge >= 0.3 is 0 Å². The van der Waals surface area contributed by atoms with Crippen molar-refractivity contribution in [3.63, 3.8) is 0 Å². The number of hydrogen-bond acceptors (Lipinski definition) is 13. The molecule has 14 rings (SSSR count). The van der Waals surface area contributed by atoms with Crippen LogP contribution in [0.25, 0.3) is 79.0 Å². The molecule has 0 spiro atoms. The van der Waals surface area contributed by atoms with E-state index in [1.165, 1.54) is 37.1 Å². The summed E-state index contributed by atoms with van der Waals surface area (Å²) < 4.78 is 10.0. The van der Waals surface area contributed by atoms with Crippen LogP contribution in [0.15, 0.2) is 158 Å². The van der Waals surface area contributed by atoms with Crippen LogP contribution in [0.5, 0.6) is 0 Å².